The number of nitrogens with zero attached hydrogens (tertiary/aromatic N) is 2. The Morgan fingerprint density at radius 1 is 1.07 bits per heavy atom. The Kier molecular flexibility index (Phi) is 6.77. The number of carbonyl (C=O) groups is 2. The third-order valence-electron chi connectivity index (χ3n) is 6.02. The van der Waals surface area contributed by atoms with Gasteiger partial charge < -0.3 is 15.1 Å². The van der Waals surface area contributed by atoms with E-state index in [0.29, 0.717) is 5.02 Å². The van der Waals surface area contributed by atoms with E-state index in [1.807, 2.05) is 24.0 Å². The van der Waals surface area contributed by atoms with Crippen LogP contribution in [0.4, 0.5) is 5.69 Å². The molecule has 0 bridgehead atoms. The van der Waals surface area contributed by atoms with E-state index >= 15 is 0 Å². The summed E-state index contributed by atoms with van der Waals surface area (Å²) in [7, 11) is 0. The second-order valence-corrected chi connectivity index (χ2v) is 8.17. The van der Waals surface area contributed by atoms with Crippen LogP contribution in [0.1, 0.15) is 38.2 Å². The molecular formula is C21H30ClN3O2. The van der Waals surface area contributed by atoms with E-state index in [4.69, 9.17) is 11.6 Å². The van der Waals surface area contributed by atoms with E-state index in [1.54, 1.807) is 6.07 Å². The zero-order valence-electron chi connectivity index (χ0n) is 16.3. The lowest BCUT2D eigenvalue weighted by Gasteiger charge is -2.37. The van der Waals surface area contributed by atoms with E-state index in [2.05, 4.69) is 17.1 Å². The second kappa shape index (κ2) is 9.07. The molecule has 1 saturated carbocycles. The summed E-state index contributed by atoms with van der Waals surface area (Å²) in [6, 6.07) is 5.58. The van der Waals surface area contributed by atoms with Crippen molar-refractivity contribution in [1.29, 1.82) is 0 Å². The minimum atomic E-state index is -0.0222. The van der Waals surface area contributed by atoms with Crippen LogP contribution >= 0.6 is 11.6 Å². The monoisotopic (exact) mass is 391 g/mol. The minimum Gasteiger partial charge on any atom is -0.340 e. The third kappa shape index (κ3) is 5.02. The Morgan fingerprint density at radius 2 is 1.70 bits per heavy atom. The molecule has 3 rings (SSSR count). The lowest BCUT2D eigenvalue weighted by molar-refractivity contribution is -0.139. The highest BCUT2D eigenvalue weighted by molar-refractivity contribution is 6.31. The summed E-state index contributed by atoms with van der Waals surface area (Å²) in [5.74, 6) is 0.384. The average molecular weight is 392 g/mol. The van der Waals surface area contributed by atoms with Crippen molar-refractivity contribution in [3.05, 3.63) is 28.8 Å². The molecule has 2 fully saturated rings. The number of amides is 2. The minimum absolute atomic E-state index is 0.0222. The maximum Gasteiger partial charge on any atom is 0.227 e. The van der Waals surface area contributed by atoms with Gasteiger partial charge >= 0.3 is 0 Å². The van der Waals surface area contributed by atoms with Crippen LogP contribution in [0.15, 0.2) is 18.2 Å². The average Bonchev–Trinajstić information content (AvgIpc) is 2.70. The van der Waals surface area contributed by atoms with Crippen LogP contribution in [0, 0.1) is 18.8 Å². The molecule has 0 radical (unpaired) electrons. The van der Waals surface area contributed by atoms with Gasteiger partial charge in [-0.2, -0.15) is 0 Å². The molecule has 6 heteroatoms. The fourth-order valence-electron chi connectivity index (χ4n) is 4.06. The third-order valence-corrected chi connectivity index (χ3v) is 6.42. The van der Waals surface area contributed by atoms with Gasteiger partial charge in [-0.1, -0.05) is 24.6 Å². The molecular weight excluding hydrogens is 362 g/mol. The number of carbonyl (C=O) groups excluding carboxylic acids is 2. The number of hydrogen-bond donors (Lipinski definition) is 1. The van der Waals surface area contributed by atoms with Gasteiger partial charge in [0.1, 0.15) is 0 Å². The smallest absolute Gasteiger partial charge is 0.227 e. The van der Waals surface area contributed by atoms with Crippen molar-refractivity contribution < 1.29 is 9.59 Å². The van der Waals surface area contributed by atoms with E-state index < -0.39 is 0 Å². The zero-order chi connectivity index (χ0) is 19.4. The van der Waals surface area contributed by atoms with Gasteiger partial charge in [-0.15, -0.1) is 0 Å². The molecule has 1 N–H and O–H groups in total. The van der Waals surface area contributed by atoms with Crippen molar-refractivity contribution in [2.45, 2.75) is 39.5 Å². The molecule has 1 aromatic carbocycles. The number of aryl methyl sites for hydroxylation is 1. The molecule has 1 aliphatic heterocycles. The van der Waals surface area contributed by atoms with Crippen molar-refractivity contribution >= 4 is 29.1 Å². The molecule has 2 aliphatic rings. The van der Waals surface area contributed by atoms with E-state index in [1.165, 1.54) is 0 Å². The normalized spacial score (nSPS) is 23.9. The van der Waals surface area contributed by atoms with Gasteiger partial charge in [0, 0.05) is 48.7 Å². The fourth-order valence-corrected chi connectivity index (χ4v) is 4.24. The van der Waals surface area contributed by atoms with Gasteiger partial charge in [0.15, 0.2) is 0 Å². The van der Waals surface area contributed by atoms with E-state index in [9.17, 15) is 9.59 Å². The summed E-state index contributed by atoms with van der Waals surface area (Å²) >= 11 is 6.13. The fraction of sp³-hybridized carbons (Fsp3) is 0.619. The number of nitrogens with one attached hydrogen (secondary N) is 1. The number of hydrogen-bond acceptors (Lipinski definition) is 3. The van der Waals surface area contributed by atoms with Gasteiger partial charge in [-0.3, -0.25) is 9.59 Å². The molecule has 0 aromatic heterocycles. The Balaban J connectivity index is 1.47. The van der Waals surface area contributed by atoms with Gasteiger partial charge in [-0.05, 0) is 56.8 Å². The standard InChI is InChI=1S/C21H30ClN3O2/c1-3-24-10-12-25(13-11-24)21(27)17-7-5-16(6-8-17)20(26)23-18-9-4-15(2)19(22)14-18/h4,9,14,16-17H,3,5-8,10-13H2,1-2H3,(H,23,26). The highest BCUT2D eigenvalue weighted by atomic mass is 35.5. The first kappa shape index (κ1) is 20.2. The van der Waals surface area contributed by atoms with Crippen LogP contribution in [0.3, 0.4) is 0 Å². The summed E-state index contributed by atoms with van der Waals surface area (Å²) in [5, 5.41) is 3.63. The van der Waals surface area contributed by atoms with Gasteiger partial charge in [0.25, 0.3) is 0 Å². The predicted molar refractivity (Wildman–Crippen MR) is 109 cm³/mol. The highest BCUT2D eigenvalue weighted by Crippen LogP contribution is 2.31. The number of piperazine rings is 1. The second-order valence-electron chi connectivity index (χ2n) is 7.76. The first-order chi connectivity index (χ1) is 13.0. The van der Waals surface area contributed by atoms with Crippen LogP contribution in [-0.4, -0.2) is 54.3 Å². The zero-order valence-corrected chi connectivity index (χ0v) is 17.1. The van der Waals surface area contributed by atoms with E-state index in [-0.39, 0.29) is 23.7 Å². The number of rotatable bonds is 4. The van der Waals surface area contributed by atoms with Gasteiger partial charge in [0.05, 0.1) is 0 Å². The molecule has 5 nitrogen and oxygen atoms in total. The van der Waals surface area contributed by atoms with Crippen molar-refractivity contribution in [3.63, 3.8) is 0 Å². The first-order valence-corrected chi connectivity index (χ1v) is 10.4. The Bertz CT molecular complexity index is 678. The SMILES string of the molecule is CCN1CCN(C(=O)C2CCC(C(=O)Nc3ccc(C)c(Cl)c3)CC2)CC1. The molecule has 1 saturated heterocycles. The number of likely N-dealkylation sites (N-methyl/N-ethyl adjacent to an activating group) is 1. The predicted octanol–water partition coefficient (Wildman–Crippen LogP) is 3.56. The van der Waals surface area contributed by atoms with Crippen molar-refractivity contribution in [3.8, 4) is 0 Å². The number of benzene rings is 1. The molecule has 1 aliphatic carbocycles. The van der Waals surface area contributed by atoms with Crippen LogP contribution in [0.5, 0.6) is 0 Å². The molecule has 27 heavy (non-hydrogen) atoms. The van der Waals surface area contributed by atoms with Crippen molar-refractivity contribution in [2.24, 2.45) is 11.8 Å². The maximum atomic E-state index is 12.8. The summed E-state index contributed by atoms with van der Waals surface area (Å²) in [6.07, 6.45) is 3.16. The lowest BCUT2D eigenvalue weighted by Crippen LogP contribution is -2.50. The van der Waals surface area contributed by atoms with Crippen LogP contribution in [-0.2, 0) is 9.59 Å². The Labute approximate surface area is 167 Å². The molecule has 1 heterocycles. The molecule has 0 unspecified atom stereocenters. The van der Waals surface area contributed by atoms with Crippen molar-refractivity contribution in [1.82, 2.24) is 9.80 Å². The van der Waals surface area contributed by atoms with Crippen LogP contribution in [0.2, 0.25) is 5.02 Å². The number of halogens is 1. The summed E-state index contributed by atoms with van der Waals surface area (Å²) in [4.78, 5) is 29.7. The van der Waals surface area contributed by atoms with Gasteiger partial charge in [-0.25, -0.2) is 0 Å². The molecule has 148 valence electrons. The maximum absolute atomic E-state index is 12.8. The summed E-state index contributed by atoms with van der Waals surface area (Å²) < 4.78 is 0. The van der Waals surface area contributed by atoms with E-state index in [0.717, 1.165) is 69.7 Å². The van der Waals surface area contributed by atoms with Crippen LogP contribution in [0.25, 0.3) is 0 Å². The quantitative estimate of drug-likeness (QED) is 0.853. The Hall–Kier alpha value is -1.59. The topological polar surface area (TPSA) is 52.7 Å². The molecule has 2 amide bonds. The van der Waals surface area contributed by atoms with Gasteiger partial charge in [0.2, 0.25) is 11.8 Å². The lowest BCUT2D eigenvalue weighted by atomic mass is 9.80. The molecule has 0 spiro atoms. The largest absolute Gasteiger partial charge is 0.340 e. The summed E-state index contributed by atoms with van der Waals surface area (Å²) in [6.45, 7) is 8.76. The van der Waals surface area contributed by atoms with Crippen molar-refractivity contribution in [2.75, 3.05) is 38.0 Å². The molecule has 1 aromatic rings. The molecule has 0 atom stereocenters. The van der Waals surface area contributed by atoms with Crippen LogP contribution < -0.4 is 5.32 Å². The first-order valence-electron chi connectivity index (χ1n) is 10.1. The Morgan fingerprint density at radius 3 is 2.30 bits per heavy atom. The highest BCUT2D eigenvalue weighted by Gasteiger charge is 2.33. The summed E-state index contributed by atoms with van der Waals surface area (Å²) in [5.41, 5.74) is 1.73. The number of anilines is 1.